The Morgan fingerprint density at radius 1 is 0.744 bits per heavy atom. The van der Waals surface area contributed by atoms with E-state index < -0.39 is 21.7 Å². The molecule has 0 aliphatic heterocycles. The molecule has 0 aliphatic carbocycles. The first-order valence-corrected chi connectivity index (χ1v) is 15.3. The van der Waals surface area contributed by atoms with Crippen molar-refractivity contribution in [1.82, 2.24) is 0 Å². The standard InChI is InChI=1S/C26H23N2O2.C9H12O3S/c27-28-22(18-17-20-10-5-7-16-24(20)28)14-8-13-19-9-4-6-15-23(19)26(30)25(29)21-11-2-1-3-12-21;1-6-4-7(2)9(8(3)5-6)13(10,11)12/h1-7,9-12,15-18H,8,13-14,27H2;4-5H,1-3H3,(H,10,11,12)/q+1;/p-1. The zero-order valence-electron chi connectivity index (χ0n) is 24.4. The third kappa shape index (κ3) is 7.60. The fourth-order valence-corrected chi connectivity index (χ4v) is 6.20. The lowest BCUT2D eigenvalue weighted by atomic mass is 9.94. The van der Waals surface area contributed by atoms with E-state index in [-0.39, 0.29) is 4.90 Å². The van der Waals surface area contributed by atoms with Crippen molar-refractivity contribution in [3.05, 3.63) is 142 Å². The van der Waals surface area contributed by atoms with Gasteiger partial charge in [0, 0.05) is 35.1 Å². The summed E-state index contributed by atoms with van der Waals surface area (Å²) in [5.41, 5.74) is 5.79. The summed E-state index contributed by atoms with van der Waals surface area (Å²) in [7, 11) is -4.33. The van der Waals surface area contributed by atoms with Crippen LogP contribution in [0.25, 0.3) is 10.9 Å². The first kappa shape index (κ1) is 31.3. The van der Waals surface area contributed by atoms with Crippen LogP contribution in [0.15, 0.2) is 108 Å². The van der Waals surface area contributed by atoms with Crippen molar-refractivity contribution in [3.63, 3.8) is 0 Å². The molecule has 0 bridgehead atoms. The summed E-state index contributed by atoms with van der Waals surface area (Å²) in [6.07, 6.45) is 2.28. The average Bonchev–Trinajstić information content (AvgIpc) is 2.97. The molecule has 0 atom stereocenters. The van der Waals surface area contributed by atoms with Gasteiger partial charge in [-0.05, 0) is 62.4 Å². The third-order valence-electron chi connectivity index (χ3n) is 7.20. The van der Waals surface area contributed by atoms with Gasteiger partial charge in [0.25, 0.3) is 0 Å². The van der Waals surface area contributed by atoms with Gasteiger partial charge in [0.1, 0.15) is 10.1 Å². The van der Waals surface area contributed by atoms with Crippen LogP contribution in [0.1, 0.15) is 55.1 Å². The Kier molecular flexibility index (Phi) is 9.85. The molecule has 0 radical (unpaired) electrons. The molecule has 0 saturated carbocycles. The van der Waals surface area contributed by atoms with Gasteiger partial charge in [-0.15, -0.1) is 0 Å². The van der Waals surface area contributed by atoms with Crippen molar-refractivity contribution in [2.45, 2.75) is 44.9 Å². The van der Waals surface area contributed by atoms with Gasteiger partial charge in [0.05, 0.1) is 4.90 Å². The average molecular weight is 595 g/mol. The van der Waals surface area contributed by atoms with Crippen molar-refractivity contribution in [3.8, 4) is 0 Å². The normalized spacial score (nSPS) is 11.1. The molecule has 0 spiro atoms. The van der Waals surface area contributed by atoms with Crippen LogP contribution < -0.4 is 10.5 Å². The van der Waals surface area contributed by atoms with Gasteiger partial charge in [-0.1, -0.05) is 89.1 Å². The molecule has 5 rings (SSSR count). The number of aryl methyl sites for hydroxylation is 5. The van der Waals surface area contributed by atoms with Crippen LogP contribution in [0.4, 0.5) is 0 Å². The first-order valence-electron chi connectivity index (χ1n) is 13.9. The highest BCUT2D eigenvalue weighted by Gasteiger charge is 2.21. The molecule has 5 aromatic rings. The predicted molar refractivity (Wildman–Crippen MR) is 166 cm³/mol. The van der Waals surface area contributed by atoms with Crippen LogP contribution in [0.2, 0.25) is 0 Å². The number of nitrogens with two attached hydrogens (primary N) is 1. The number of Topliss-reactive ketones (excluding diaryl/α,β-unsaturated/α-hetero) is 2. The number of rotatable bonds is 8. The van der Waals surface area contributed by atoms with Crippen LogP contribution in [0.5, 0.6) is 0 Å². The molecular formula is C35H34N2O5S. The Morgan fingerprint density at radius 2 is 1.35 bits per heavy atom. The number of hydrogen-bond acceptors (Lipinski definition) is 6. The Bertz CT molecular complexity index is 1880. The first-order chi connectivity index (χ1) is 20.5. The third-order valence-corrected chi connectivity index (χ3v) is 8.34. The Morgan fingerprint density at radius 3 is 2.02 bits per heavy atom. The van der Waals surface area contributed by atoms with E-state index in [0.717, 1.165) is 40.6 Å². The van der Waals surface area contributed by atoms with Crippen LogP contribution >= 0.6 is 0 Å². The molecule has 0 unspecified atom stereocenters. The molecule has 0 saturated heterocycles. The number of carbonyl (C=O) groups excluding carboxylic acids is 2. The molecular weight excluding hydrogens is 560 g/mol. The van der Waals surface area contributed by atoms with Gasteiger partial charge in [-0.2, -0.15) is 0 Å². The number of para-hydroxylation sites is 1. The highest BCUT2D eigenvalue weighted by Crippen LogP contribution is 2.21. The molecule has 2 N–H and O–H groups in total. The van der Waals surface area contributed by atoms with E-state index in [1.54, 1.807) is 67.1 Å². The molecule has 1 aromatic heterocycles. The van der Waals surface area contributed by atoms with Crippen LogP contribution in [-0.2, 0) is 23.0 Å². The molecule has 1 heterocycles. The van der Waals surface area contributed by atoms with E-state index in [1.165, 1.54) is 0 Å². The van der Waals surface area contributed by atoms with Crippen molar-refractivity contribution in [2.75, 3.05) is 5.84 Å². The zero-order valence-corrected chi connectivity index (χ0v) is 25.2. The molecule has 0 aliphatic rings. The number of carbonyl (C=O) groups is 2. The van der Waals surface area contributed by atoms with Crippen molar-refractivity contribution < 1.29 is 27.2 Å². The number of fused-ring (bicyclic) bond motifs is 1. The number of nitrogen functional groups attached to an aromatic ring is 1. The minimum absolute atomic E-state index is 0.0851. The fourth-order valence-electron chi connectivity index (χ4n) is 5.30. The summed E-state index contributed by atoms with van der Waals surface area (Å²) in [5, 5.41) is 1.10. The van der Waals surface area contributed by atoms with E-state index in [2.05, 4.69) is 6.07 Å². The largest absolute Gasteiger partial charge is 0.744 e. The summed E-state index contributed by atoms with van der Waals surface area (Å²) in [6, 6.07) is 31.5. The van der Waals surface area contributed by atoms with Gasteiger partial charge < -0.3 is 4.55 Å². The fraction of sp³-hybridized carbons (Fsp3) is 0.171. The SMILES string of the molecule is Cc1cc(C)c(S(=O)(=O)[O-])c(C)c1.N[n+]1c(CCCc2ccccc2C(=O)C(=O)c2ccccc2)ccc2ccccc21. The highest BCUT2D eigenvalue weighted by atomic mass is 32.2. The molecule has 4 aromatic carbocycles. The summed E-state index contributed by atoms with van der Waals surface area (Å²) in [6.45, 7) is 5.12. The monoisotopic (exact) mass is 594 g/mol. The molecule has 7 nitrogen and oxygen atoms in total. The molecule has 220 valence electrons. The molecule has 0 amide bonds. The highest BCUT2D eigenvalue weighted by molar-refractivity contribution is 7.85. The van der Waals surface area contributed by atoms with Gasteiger partial charge in [0.2, 0.25) is 22.8 Å². The molecule has 0 fully saturated rings. The second-order valence-electron chi connectivity index (χ2n) is 10.5. The quantitative estimate of drug-likeness (QED) is 0.0821. The van der Waals surface area contributed by atoms with E-state index >= 15 is 0 Å². The van der Waals surface area contributed by atoms with Crippen molar-refractivity contribution in [1.29, 1.82) is 0 Å². The molecule has 43 heavy (non-hydrogen) atoms. The van der Waals surface area contributed by atoms with Crippen molar-refractivity contribution >= 4 is 32.6 Å². The molecule has 8 heteroatoms. The minimum Gasteiger partial charge on any atom is -0.744 e. The summed E-state index contributed by atoms with van der Waals surface area (Å²) in [4.78, 5) is 25.3. The minimum atomic E-state index is -4.33. The van der Waals surface area contributed by atoms with Gasteiger partial charge in [0.15, 0.2) is 0 Å². The Labute approximate surface area is 252 Å². The zero-order chi connectivity index (χ0) is 31.1. The Balaban J connectivity index is 0.000000273. The number of ketones is 2. The number of nitrogens with zero attached hydrogens (tertiary/aromatic N) is 1. The topological polar surface area (TPSA) is 121 Å². The number of aromatic nitrogens is 1. The maximum absolute atomic E-state index is 12.8. The lowest BCUT2D eigenvalue weighted by molar-refractivity contribution is -0.619. The van der Waals surface area contributed by atoms with Crippen LogP contribution in [-0.4, -0.2) is 24.5 Å². The smallest absolute Gasteiger partial charge is 0.242 e. The Hall–Kier alpha value is -4.66. The van der Waals surface area contributed by atoms with Crippen LogP contribution in [0, 0.1) is 20.8 Å². The lowest BCUT2D eigenvalue weighted by Gasteiger charge is -2.14. The van der Waals surface area contributed by atoms with Crippen molar-refractivity contribution in [2.24, 2.45) is 0 Å². The predicted octanol–water partition coefficient (Wildman–Crippen LogP) is 5.60. The summed E-state index contributed by atoms with van der Waals surface area (Å²) >= 11 is 0. The number of benzene rings is 4. The van der Waals surface area contributed by atoms with Gasteiger partial charge in [-0.3, -0.25) is 9.59 Å². The van der Waals surface area contributed by atoms with E-state index in [0.29, 0.717) is 28.7 Å². The number of pyridine rings is 1. The lowest BCUT2D eigenvalue weighted by Crippen LogP contribution is -2.48. The second-order valence-corrected chi connectivity index (χ2v) is 11.8. The van der Waals surface area contributed by atoms with E-state index in [1.807, 2.05) is 55.5 Å². The van der Waals surface area contributed by atoms with E-state index in [9.17, 15) is 22.6 Å². The van der Waals surface area contributed by atoms with Crippen LogP contribution in [0.3, 0.4) is 0 Å². The summed E-state index contributed by atoms with van der Waals surface area (Å²) < 4.78 is 34.2. The number of hydrogen-bond donors (Lipinski definition) is 1. The summed E-state index contributed by atoms with van der Waals surface area (Å²) in [5.74, 6) is 5.36. The van der Waals surface area contributed by atoms with Gasteiger partial charge in [-0.25, -0.2) is 14.3 Å². The second kappa shape index (κ2) is 13.5. The maximum Gasteiger partial charge on any atom is 0.242 e. The maximum atomic E-state index is 12.8. The van der Waals surface area contributed by atoms with Gasteiger partial charge >= 0.3 is 0 Å². The van der Waals surface area contributed by atoms with E-state index in [4.69, 9.17) is 5.84 Å².